The fourth-order valence-electron chi connectivity index (χ4n) is 6.81. The highest BCUT2D eigenvalue weighted by atomic mass is 15.2. The van der Waals surface area contributed by atoms with Crippen molar-refractivity contribution >= 4 is 28.3 Å². The lowest BCUT2D eigenvalue weighted by atomic mass is 9.75. The molecule has 2 nitrogen and oxygen atoms in total. The van der Waals surface area contributed by atoms with E-state index in [4.69, 9.17) is 0 Å². The van der Waals surface area contributed by atoms with Crippen LogP contribution in [-0.2, 0) is 0 Å². The first-order valence-corrected chi connectivity index (χ1v) is 13.3. The lowest BCUT2D eigenvalue weighted by Gasteiger charge is -2.39. The summed E-state index contributed by atoms with van der Waals surface area (Å²) in [6, 6.07) is 25.1. The molecule has 1 N–H and O–H groups in total. The molecule has 0 saturated carbocycles. The summed E-state index contributed by atoms with van der Waals surface area (Å²) >= 11 is 0. The average molecular weight is 469 g/mol. The van der Waals surface area contributed by atoms with Crippen molar-refractivity contribution < 1.29 is 0 Å². The standard InChI is InChI=1S/C34H32N2/c1-21-9-8-12-25(19-21)36-33-27-13-6-7-14-29(27)35-30-20-22(2)15-17-26(30)32(33)28-18-16-24-11-5-4-10-23(3)31(24)34(28)36/h4,6-10,12-20,23,28,34-35H,5,11H2,1-3H3/t23-,28?,34?/m0/s1. The van der Waals surface area contributed by atoms with Gasteiger partial charge in [0.25, 0.3) is 0 Å². The molecular weight excluding hydrogens is 436 g/mol. The molecule has 0 spiro atoms. The van der Waals surface area contributed by atoms with Crippen LogP contribution in [0.4, 0.5) is 17.1 Å². The number of para-hydroxylation sites is 1. The Labute approximate surface area is 214 Å². The zero-order valence-electron chi connectivity index (χ0n) is 21.3. The molecule has 3 aromatic rings. The summed E-state index contributed by atoms with van der Waals surface area (Å²) in [5.74, 6) is 0.712. The van der Waals surface area contributed by atoms with Crippen LogP contribution in [0.1, 0.15) is 42.0 Å². The SMILES string of the molecule is Cc1cccc(N2C3=C(c4ccc(C)cc4Nc4ccccc43)C3C=CC4=C(C32)[C@@H](C)C=CCC4)c1. The Morgan fingerprint density at radius 2 is 1.69 bits per heavy atom. The molecule has 0 saturated heterocycles. The molecule has 0 bridgehead atoms. The van der Waals surface area contributed by atoms with E-state index >= 15 is 0 Å². The van der Waals surface area contributed by atoms with E-state index in [-0.39, 0.29) is 6.04 Å². The molecule has 36 heavy (non-hydrogen) atoms. The van der Waals surface area contributed by atoms with E-state index < -0.39 is 0 Å². The largest absolute Gasteiger partial charge is 0.354 e. The van der Waals surface area contributed by atoms with Gasteiger partial charge < -0.3 is 10.2 Å². The summed E-state index contributed by atoms with van der Waals surface area (Å²) in [4.78, 5) is 2.68. The zero-order chi connectivity index (χ0) is 24.4. The summed E-state index contributed by atoms with van der Waals surface area (Å²) in [7, 11) is 0. The third-order valence-corrected chi connectivity index (χ3v) is 8.33. The van der Waals surface area contributed by atoms with Gasteiger partial charge in [0.15, 0.2) is 0 Å². The first kappa shape index (κ1) is 21.5. The van der Waals surface area contributed by atoms with Crippen LogP contribution in [0.15, 0.2) is 102 Å². The molecule has 0 radical (unpaired) electrons. The predicted molar refractivity (Wildman–Crippen MR) is 152 cm³/mol. The molecule has 7 rings (SSSR count). The van der Waals surface area contributed by atoms with Gasteiger partial charge in [0.05, 0.1) is 11.7 Å². The van der Waals surface area contributed by atoms with Crippen LogP contribution in [0.2, 0.25) is 0 Å². The summed E-state index contributed by atoms with van der Waals surface area (Å²) in [5, 5.41) is 3.81. The van der Waals surface area contributed by atoms with Crippen molar-refractivity contribution in [1.29, 1.82) is 0 Å². The van der Waals surface area contributed by atoms with Crippen molar-refractivity contribution in [3.05, 3.63) is 124 Å². The number of nitrogens with one attached hydrogen (secondary N) is 1. The molecule has 2 aliphatic heterocycles. The third-order valence-electron chi connectivity index (χ3n) is 8.33. The van der Waals surface area contributed by atoms with Crippen molar-refractivity contribution in [2.45, 2.75) is 39.7 Å². The van der Waals surface area contributed by atoms with Crippen LogP contribution in [0, 0.1) is 25.7 Å². The minimum absolute atomic E-state index is 0.273. The van der Waals surface area contributed by atoms with Crippen molar-refractivity contribution in [3.63, 3.8) is 0 Å². The molecule has 2 unspecified atom stereocenters. The van der Waals surface area contributed by atoms with Crippen LogP contribution in [0.3, 0.4) is 0 Å². The van der Waals surface area contributed by atoms with Gasteiger partial charge in [-0.2, -0.15) is 0 Å². The summed E-state index contributed by atoms with van der Waals surface area (Å²) < 4.78 is 0. The highest BCUT2D eigenvalue weighted by molar-refractivity contribution is 6.09. The number of hydrogen-bond donors (Lipinski definition) is 1. The number of fused-ring (bicyclic) bond motifs is 7. The molecule has 4 aliphatic rings. The summed E-state index contributed by atoms with van der Waals surface area (Å²) in [6.07, 6.45) is 12.0. The number of nitrogens with zero attached hydrogens (tertiary/aromatic N) is 1. The molecule has 2 heteroatoms. The zero-order valence-corrected chi connectivity index (χ0v) is 21.3. The predicted octanol–water partition coefficient (Wildman–Crippen LogP) is 8.59. The van der Waals surface area contributed by atoms with Crippen LogP contribution < -0.4 is 10.2 Å². The number of rotatable bonds is 1. The van der Waals surface area contributed by atoms with Gasteiger partial charge in [-0.3, -0.25) is 0 Å². The van der Waals surface area contributed by atoms with Crippen LogP contribution in [0.5, 0.6) is 0 Å². The average Bonchev–Trinajstić information content (AvgIpc) is 2.99. The quantitative estimate of drug-likeness (QED) is 0.360. The van der Waals surface area contributed by atoms with Gasteiger partial charge in [-0.25, -0.2) is 0 Å². The van der Waals surface area contributed by atoms with Crippen LogP contribution in [-0.4, -0.2) is 6.04 Å². The normalized spacial score (nSPS) is 23.8. The summed E-state index contributed by atoms with van der Waals surface area (Å²) in [5.41, 5.74) is 14.7. The Kier molecular flexibility index (Phi) is 4.86. The van der Waals surface area contributed by atoms with Gasteiger partial charge in [-0.15, -0.1) is 0 Å². The third kappa shape index (κ3) is 3.17. The smallest absolute Gasteiger partial charge is 0.0667 e. The van der Waals surface area contributed by atoms with E-state index in [1.807, 2.05) is 0 Å². The Bertz CT molecular complexity index is 1520. The number of allylic oxidation sites excluding steroid dienone is 4. The number of anilines is 3. The van der Waals surface area contributed by atoms with E-state index in [9.17, 15) is 0 Å². The van der Waals surface area contributed by atoms with Gasteiger partial charge in [-0.1, -0.05) is 73.7 Å². The number of benzene rings is 3. The minimum atomic E-state index is 0.273. The molecule has 178 valence electrons. The molecular formula is C34H32N2. The first-order chi connectivity index (χ1) is 17.6. The highest BCUT2D eigenvalue weighted by Gasteiger charge is 2.47. The van der Waals surface area contributed by atoms with Gasteiger partial charge in [-0.05, 0) is 84.7 Å². The topological polar surface area (TPSA) is 15.3 Å². The monoisotopic (exact) mass is 468 g/mol. The van der Waals surface area contributed by atoms with Crippen LogP contribution >= 0.6 is 0 Å². The van der Waals surface area contributed by atoms with Crippen molar-refractivity contribution in [3.8, 4) is 0 Å². The van der Waals surface area contributed by atoms with Gasteiger partial charge >= 0.3 is 0 Å². The van der Waals surface area contributed by atoms with Gasteiger partial charge in [0.2, 0.25) is 0 Å². The molecule has 3 aromatic carbocycles. The second kappa shape index (κ2) is 8.13. The lowest BCUT2D eigenvalue weighted by Crippen LogP contribution is -2.39. The highest BCUT2D eigenvalue weighted by Crippen LogP contribution is 2.56. The number of aryl methyl sites for hydroxylation is 2. The molecule has 0 amide bonds. The lowest BCUT2D eigenvalue weighted by molar-refractivity contribution is 0.608. The molecule has 2 aliphatic carbocycles. The first-order valence-electron chi connectivity index (χ1n) is 13.3. The van der Waals surface area contributed by atoms with Crippen molar-refractivity contribution in [2.24, 2.45) is 11.8 Å². The van der Waals surface area contributed by atoms with E-state index in [2.05, 4.69) is 122 Å². The van der Waals surface area contributed by atoms with E-state index in [0.29, 0.717) is 11.8 Å². The Morgan fingerprint density at radius 1 is 0.833 bits per heavy atom. The minimum Gasteiger partial charge on any atom is -0.354 e. The van der Waals surface area contributed by atoms with Crippen molar-refractivity contribution in [1.82, 2.24) is 0 Å². The van der Waals surface area contributed by atoms with Crippen molar-refractivity contribution in [2.75, 3.05) is 10.2 Å². The maximum Gasteiger partial charge on any atom is 0.0667 e. The molecule has 0 aromatic heterocycles. The van der Waals surface area contributed by atoms with E-state index in [1.165, 1.54) is 56.2 Å². The maximum atomic E-state index is 3.81. The Balaban J connectivity index is 1.57. The Morgan fingerprint density at radius 3 is 2.58 bits per heavy atom. The van der Waals surface area contributed by atoms with E-state index in [1.54, 1.807) is 5.57 Å². The molecule has 2 heterocycles. The van der Waals surface area contributed by atoms with Gasteiger partial charge in [0.1, 0.15) is 0 Å². The second-order valence-corrected chi connectivity index (χ2v) is 10.8. The summed E-state index contributed by atoms with van der Waals surface area (Å²) in [6.45, 7) is 6.77. The van der Waals surface area contributed by atoms with E-state index in [0.717, 1.165) is 12.8 Å². The molecule has 3 atom stereocenters. The second-order valence-electron chi connectivity index (χ2n) is 10.8. The van der Waals surface area contributed by atoms with Crippen LogP contribution in [0.25, 0.3) is 11.3 Å². The fraction of sp³-hybridized carbons (Fsp3) is 0.235. The molecule has 0 fully saturated rings. The fourth-order valence-corrected chi connectivity index (χ4v) is 6.81. The van der Waals surface area contributed by atoms with Gasteiger partial charge in [0, 0.05) is 34.1 Å². The Hall–Kier alpha value is -3.78. The maximum absolute atomic E-state index is 3.81. The number of hydrogen-bond acceptors (Lipinski definition) is 2.